The zero-order valence-electron chi connectivity index (χ0n) is 16.3. The van der Waals surface area contributed by atoms with E-state index >= 15 is 0 Å². The molecule has 0 bridgehead atoms. The van der Waals surface area contributed by atoms with Gasteiger partial charge in [-0.05, 0) is 25.7 Å². The number of nitrogens with zero attached hydrogens (tertiary/aromatic N) is 2. The molecular formula is C18H35IN4O2. The molecule has 0 aliphatic heterocycles. The van der Waals surface area contributed by atoms with Crippen molar-refractivity contribution in [3.8, 4) is 0 Å². The van der Waals surface area contributed by atoms with Crippen LogP contribution in [0.2, 0.25) is 0 Å². The molecule has 0 saturated carbocycles. The summed E-state index contributed by atoms with van der Waals surface area (Å²) in [6, 6.07) is 0. The number of hydrogen-bond acceptors (Lipinski definition) is 4. The fraction of sp³-hybridized carbons (Fsp3) is 0.778. The molecule has 6 nitrogen and oxygen atoms in total. The molecule has 3 N–H and O–H groups in total. The first-order valence-corrected chi connectivity index (χ1v) is 8.98. The lowest BCUT2D eigenvalue weighted by Crippen LogP contribution is -2.40. The molecule has 0 fully saturated rings. The van der Waals surface area contributed by atoms with Gasteiger partial charge in [-0.25, -0.2) is 9.98 Å². The molecule has 1 aromatic rings. The maximum atomic E-state index is 9.16. The van der Waals surface area contributed by atoms with Gasteiger partial charge in [-0.15, -0.1) is 24.0 Å². The molecule has 7 heteroatoms. The number of aliphatic hydroxyl groups excluding tert-OH is 1. The average Bonchev–Trinajstić information content (AvgIpc) is 2.99. The third kappa shape index (κ3) is 9.44. The van der Waals surface area contributed by atoms with Gasteiger partial charge >= 0.3 is 0 Å². The number of guanidine groups is 1. The number of rotatable bonds is 9. The molecule has 0 radical (unpaired) electrons. The van der Waals surface area contributed by atoms with Gasteiger partial charge in [-0.2, -0.15) is 0 Å². The Hall–Kier alpha value is -0.830. The summed E-state index contributed by atoms with van der Waals surface area (Å²) in [7, 11) is 0. The zero-order chi connectivity index (χ0) is 18.0. The number of aliphatic imine (C=N–C) groups is 1. The van der Waals surface area contributed by atoms with E-state index in [-0.39, 0.29) is 36.0 Å². The number of aromatic nitrogens is 1. The standard InChI is InChI=1S/C18H34N4O2.HI/c1-6-8-14(9-10-23)11-21-17(19-7-2)22-13-16-20-12-15(24-16)18(3,4)5;/h12,14,23H,6-11,13H2,1-5H3,(H2,19,21,22);1H. The van der Waals surface area contributed by atoms with Crippen LogP contribution in [-0.2, 0) is 12.0 Å². The average molecular weight is 466 g/mol. The first-order chi connectivity index (χ1) is 11.4. The smallest absolute Gasteiger partial charge is 0.216 e. The molecule has 0 aliphatic carbocycles. The summed E-state index contributed by atoms with van der Waals surface area (Å²) in [6.45, 7) is 12.7. The third-order valence-corrected chi connectivity index (χ3v) is 3.80. The predicted molar refractivity (Wildman–Crippen MR) is 114 cm³/mol. The van der Waals surface area contributed by atoms with Crippen LogP contribution in [0.4, 0.5) is 0 Å². The molecule has 0 amide bonds. The molecule has 0 aromatic carbocycles. The second kappa shape index (κ2) is 12.5. The van der Waals surface area contributed by atoms with E-state index in [4.69, 9.17) is 9.52 Å². The summed E-state index contributed by atoms with van der Waals surface area (Å²) in [6.07, 6.45) is 4.81. The van der Waals surface area contributed by atoms with Crippen LogP contribution in [0.25, 0.3) is 0 Å². The van der Waals surface area contributed by atoms with E-state index in [1.165, 1.54) is 0 Å². The van der Waals surface area contributed by atoms with E-state index in [0.29, 0.717) is 18.4 Å². The molecule has 1 heterocycles. The van der Waals surface area contributed by atoms with E-state index in [1.54, 1.807) is 6.20 Å². The molecule has 146 valence electrons. The van der Waals surface area contributed by atoms with Crippen molar-refractivity contribution in [2.75, 3.05) is 19.7 Å². The van der Waals surface area contributed by atoms with Crippen LogP contribution in [0, 0.1) is 5.92 Å². The lowest BCUT2D eigenvalue weighted by Gasteiger charge is -2.18. The monoisotopic (exact) mass is 466 g/mol. The summed E-state index contributed by atoms with van der Waals surface area (Å²) >= 11 is 0. The second-order valence-electron chi connectivity index (χ2n) is 7.11. The summed E-state index contributed by atoms with van der Waals surface area (Å²) < 4.78 is 5.77. The number of hydrogen-bond donors (Lipinski definition) is 3. The quantitative estimate of drug-likeness (QED) is 0.295. The van der Waals surface area contributed by atoms with Gasteiger partial charge in [0.25, 0.3) is 0 Å². The van der Waals surface area contributed by atoms with Crippen molar-refractivity contribution in [3.63, 3.8) is 0 Å². The minimum Gasteiger partial charge on any atom is -0.443 e. The normalized spacial score (nSPS) is 13.3. The Morgan fingerprint density at radius 2 is 2.00 bits per heavy atom. The van der Waals surface area contributed by atoms with Crippen LogP contribution in [0.3, 0.4) is 0 Å². The SMILES string of the molecule is CCCC(CCO)CNC(=NCc1ncc(C(C)(C)C)o1)NCC.I. The van der Waals surface area contributed by atoms with Crippen LogP contribution >= 0.6 is 24.0 Å². The summed E-state index contributed by atoms with van der Waals surface area (Å²) in [4.78, 5) is 8.85. The van der Waals surface area contributed by atoms with Crippen LogP contribution in [0.5, 0.6) is 0 Å². The van der Waals surface area contributed by atoms with E-state index < -0.39 is 0 Å². The first-order valence-electron chi connectivity index (χ1n) is 8.98. The van der Waals surface area contributed by atoms with Gasteiger partial charge < -0.3 is 20.2 Å². The van der Waals surface area contributed by atoms with Crippen LogP contribution in [-0.4, -0.2) is 35.7 Å². The molecule has 0 aliphatic rings. The Kier molecular flexibility index (Phi) is 12.1. The predicted octanol–water partition coefficient (Wildman–Crippen LogP) is 3.44. The minimum absolute atomic E-state index is 0. The molecular weight excluding hydrogens is 431 g/mol. The van der Waals surface area contributed by atoms with Crippen molar-refractivity contribution in [2.24, 2.45) is 10.9 Å². The van der Waals surface area contributed by atoms with Crippen molar-refractivity contribution in [1.82, 2.24) is 15.6 Å². The van der Waals surface area contributed by atoms with Gasteiger partial charge in [-0.1, -0.05) is 34.1 Å². The van der Waals surface area contributed by atoms with Crippen molar-refractivity contribution in [1.29, 1.82) is 0 Å². The van der Waals surface area contributed by atoms with Gasteiger partial charge in [0.2, 0.25) is 5.89 Å². The fourth-order valence-corrected chi connectivity index (χ4v) is 2.40. The Balaban J connectivity index is 0.00000576. The summed E-state index contributed by atoms with van der Waals surface area (Å²) in [5.74, 6) is 2.71. The Labute approximate surface area is 169 Å². The van der Waals surface area contributed by atoms with Gasteiger partial charge in [-0.3, -0.25) is 0 Å². The molecule has 25 heavy (non-hydrogen) atoms. The minimum atomic E-state index is -0.0462. The third-order valence-electron chi connectivity index (χ3n) is 3.80. The Bertz CT molecular complexity index is 492. The van der Waals surface area contributed by atoms with E-state index in [2.05, 4.69) is 48.3 Å². The molecule has 0 saturated heterocycles. The molecule has 1 rings (SSSR count). The number of aliphatic hydroxyl groups is 1. The van der Waals surface area contributed by atoms with Crippen molar-refractivity contribution in [2.45, 2.75) is 65.8 Å². The second-order valence-corrected chi connectivity index (χ2v) is 7.11. The lowest BCUT2D eigenvalue weighted by atomic mass is 9.94. The molecule has 1 aromatic heterocycles. The van der Waals surface area contributed by atoms with Crippen molar-refractivity contribution in [3.05, 3.63) is 17.8 Å². The topological polar surface area (TPSA) is 82.7 Å². The maximum absolute atomic E-state index is 9.16. The zero-order valence-corrected chi connectivity index (χ0v) is 18.6. The largest absolute Gasteiger partial charge is 0.443 e. The van der Waals surface area contributed by atoms with Crippen molar-refractivity contribution >= 4 is 29.9 Å². The highest BCUT2D eigenvalue weighted by Gasteiger charge is 2.19. The van der Waals surface area contributed by atoms with Gasteiger partial charge in [0, 0.05) is 25.1 Å². The van der Waals surface area contributed by atoms with Gasteiger partial charge in [0.1, 0.15) is 12.3 Å². The van der Waals surface area contributed by atoms with Crippen LogP contribution < -0.4 is 10.6 Å². The number of nitrogens with one attached hydrogen (secondary N) is 2. The fourth-order valence-electron chi connectivity index (χ4n) is 2.40. The van der Waals surface area contributed by atoms with Crippen LogP contribution in [0.15, 0.2) is 15.6 Å². The van der Waals surface area contributed by atoms with E-state index in [1.807, 2.05) is 6.92 Å². The Morgan fingerprint density at radius 3 is 2.52 bits per heavy atom. The maximum Gasteiger partial charge on any atom is 0.216 e. The molecule has 1 atom stereocenters. The number of halogens is 1. The number of oxazole rings is 1. The Morgan fingerprint density at radius 1 is 1.28 bits per heavy atom. The van der Waals surface area contributed by atoms with Crippen molar-refractivity contribution < 1.29 is 9.52 Å². The molecule has 1 unspecified atom stereocenters. The van der Waals surface area contributed by atoms with Gasteiger partial charge in [0.15, 0.2) is 5.96 Å². The highest BCUT2D eigenvalue weighted by atomic mass is 127. The highest BCUT2D eigenvalue weighted by molar-refractivity contribution is 14.0. The van der Waals surface area contributed by atoms with Gasteiger partial charge in [0.05, 0.1) is 6.20 Å². The summed E-state index contributed by atoms with van der Waals surface area (Å²) in [5.41, 5.74) is -0.0462. The van der Waals surface area contributed by atoms with E-state index in [9.17, 15) is 0 Å². The van der Waals surface area contributed by atoms with Crippen LogP contribution in [0.1, 0.15) is 65.5 Å². The molecule has 0 spiro atoms. The van der Waals surface area contributed by atoms with E-state index in [0.717, 1.165) is 44.1 Å². The first kappa shape index (κ1) is 24.2. The summed E-state index contributed by atoms with van der Waals surface area (Å²) in [5, 5.41) is 15.8. The lowest BCUT2D eigenvalue weighted by molar-refractivity contribution is 0.251. The highest BCUT2D eigenvalue weighted by Crippen LogP contribution is 2.22.